The maximum absolute atomic E-state index is 2.45. The monoisotopic (exact) mass is 228 g/mol. The summed E-state index contributed by atoms with van der Waals surface area (Å²) in [6.45, 7) is 17.5. The second kappa shape index (κ2) is 11.5. The van der Waals surface area contributed by atoms with Crippen LogP contribution >= 0.6 is 0 Å². The molecular weight excluding hydrogens is 192 g/mol. The average molecular weight is 228 g/mol. The Morgan fingerprint density at radius 2 is 1.19 bits per heavy atom. The first kappa shape index (κ1) is 18.4. The van der Waals surface area contributed by atoms with Crippen LogP contribution in [-0.2, 0) is 0 Å². The zero-order chi connectivity index (χ0) is 13.1. The highest BCUT2D eigenvalue weighted by molar-refractivity contribution is 4.86. The highest BCUT2D eigenvalue weighted by Crippen LogP contribution is 2.45. The van der Waals surface area contributed by atoms with Crippen molar-refractivity contribution in [1.29, 1.82) is 0 Å². The molecule has 16 heavy (non-hydrogen) atoms. The van der Waals surface area contributed by atoms with Crippen LogP contribution in [0.4, 0.5) is 0 Å². The Kier molecular flexibility index (Phi) is 13.2. The average Bonchev–Trinajstić information content (AvgIpc) is 2.69. The lowest BCUT2D eigenvalue weighted by molar-refractivity contribution is 0.270. The first-order chi connectivity index (χ1) is 7.74. The number of rotatable bonds is 3. The number of hydrogen-bond donors (Lipinski definition) is 0. The molecule has 0 saturated heterocycles. The highest BCUT2D eigenvalue weighted by Gasteiger charge is 2.37. The molecule has 0 amide bonds. The lowest BCUT2D eigenvalue weighted by Gasteiger charge is -2.22. The molecule has 100 valence electrons. The van der Waals surface area contributed by atoms with Gasteiger partial charge >= 0.3 is 0 Å². The quantitative estimate of drug-likeness (QED) is 0.543. The van der Waals surface area contributed by atoms with E-state index in [0.717, 1.165) is 23.7 Å². The molecule has 0 nitrogen and oxygen atoms in total. The Balaban J connectivity index is 0. The van der Waals surface area contributed by atoms with Gasteiger partial charge in [-0.3, -0.25) is 0 Å². The van der Waals surface area contributed by atoms with Gasteiger partial charge in [0, 0.05) is 0 Å². The van der Waals surface area contributed by atoms with E-state index in [-0.39, 0.29) is 0 Å². The molecule has 0 N–H and O–H groups in total. The molecule has 0 spiro atoms. The third kappa shape index (κ3) is 4.89. The van der Waals surface area contributed by atoms with Gasteiger partial charge in [-0.05, 0) is 30.1 Å². The van der Waals surface area contributed by atoms with Crippen molar-refractivity contribution in [1.82, 2.24) is 0 Å². The third-order valence-electron chi connectivity index (χ3n) is 4.03. The van der Waals surface area contributed by atoms with E-state index >= 15 is 0 Å². The third-order valence-corrected chi connectivity index (χ3v) is 4.03. The van der Waals surface area contributed by atoms with Crippen LogP contribution in [0.15, 0.2) is 0 Å². The molecule has 0 heteroatoms. The molecule has 0 aromatic carbocycles. The normalized spacial score (nSPS) is 32.2. The Morgan fingerprint density at radius 3 is 1.50 bits per heavy atom. The summed E-state index contributed by atoms with van der Waals surface area (Å²) >= 11 is 0. The lowest BCUT2D eigenvalue weighted by Crippen LogP contribution is -2.14. The molecule has 4 unspecified atom stereocenters. The molecular formula is C16H36. The molecule has 0 heterocycles. The maximum Gasteiger partial charge on any atom is -0.0358 e. The van der Waals surface area contributed by atoms with Gasteiger partial charge in [-0.2, -0.15) is 0 Å². The van der Waals surface area contributed by atoms with E-state index in [0.29, 0.717) is 0 Å². The van der Waals surface area contributed by atoms with Gasteiger partial charge in [-0.15, -0.1) is 0 Å². The van der Waals surface area contributed by atoms with E-state index in [2.05, 4.69) is 27.7 Å². The molecule has 1 aliphatic carbocycles. The Hall–Kier alpha value is 0. The van der Waals surface area contributed by atoms with Crippen molar-refractivity contribution in [3.63, 3.8) is 0 Å². The molecule has 0 aromatic heterocycles. The number of hydrogen-bond acceptors (Lipinski definition) is 0. The largest absolute Gasteiger partial charge is 0.0683 e. The maximum atomic E-state index is 2.45. The Labute approximate surface area is 105 Å². The van der Waals surface area contributed by atoms with Crippen LogP contribution in [-0.4, -0.2) is 0 Å². The van der Waals surface area contributed by atoms with Gasteiger partial charge < -0.3 is 0 Å². The molecule has 1 aliphatic rings. The highest BCUT2D eigenvalue weighted by atomic mass is 14.4. The van der Waals surface area contributed by atoms with Crippen molar-refractivity contribution in [2.45, 2.75) is 81.1 Å². The van der Waals surface area contributed by atoms with Crippen LogP contribution in [0.5, 0.6) is 0 Å². The summed E-state index contributed by atoms with van der Waals surface area (Å²) in [5, 5.41) is 0. The van der Waals surface area contributed by atoms with E-state index < -0.39 is 0 Å². The summed E-state index contributed by atoms with van der Waals surface area (Å²) in [7, 11) is 0. The van der Waals surface area contributed by atoms with Gasteiger partial charge in [0.15, 0.2) is 0 Å². The summed E-state index contributed by atoms with van der Waals surface area (Å²) in [6.07, 6.45) is 5.70. The molecule has 0 aliphatic heterocycles. The van der Waals surface area contributed by atoms with Crippen LogP contribution in [0.3, 0.4) is 0 Å². The van der Waals surface area contributed by atoms with Crippen LogP contribution in [0.25, 0.3) is 0 Å². The fraction of sp³-hybridized carbons (Fsp3) is 1.00. The van der Waals surface area contributed by atoms with Gasteiger partial charge in [0.1, 0.15) is 0 Å². The lowest BCUT2D eigenvalue weighted by atomic mass is 9.83. The van der Waals surface area contributed by atoms with Gasteiger partial charge in [-0.25, -0.2) is 0 Å². The van der Waals surface area contributed by atoms with Gasteiger partial charge in [0.2, 0.25) is 0 Å². The van der Waals surface area contributed by atoms with Gasteiger partial charge in [-0.1, -0.05) is 74.7 Å². The minimum Gasteiger partial charge on any atom is -0.0683 e. The minimum absolute atomic E-state index is 0.991. The van der Waals surface area contributed by atoms with Crippen molar-refractivity contribution >= 4 is 0 Å². The SMILES string of the molecule is CC.CC.CCC1CC(C)C(CC)C1CC. The van der Waals surface area contributed by atoms with Gasteiger partial charge in [0.25, 0.3) is 0 Å². The summed E-state index contributed by atoms with van der Waals surface area (Å²) in [5.74, 6) is 4.09. The molecule has 1 fully saturated rings. The Morgan fingerprint density at radius 1 is 0.750 bits per heavy atom. The topological polar surface area (TPSA) is 0 Å². The molecule has 4 atom stereocenters. The summed E-state index contributed by atoms with van der Waals surface area (Å²) < 4.78 is 0. The van der Waals surface area contributed by atoms with E-state index in [9.17, 15) is 0 Å². The van der Waals surface area contributed by atoms with Crippen LogP contribution in [0, 0.1) is 23.7 Å². The van der Waals surface area contributed by atoms with Crippen molar-refractivity contribution in [3.8, 4) is 0 Å². The molecule has 0 aromatic rings. The molecule has 1 saturated carbocycles. The van der Waals surface area contributed by atoms with E-state index in [1.807, 2.05) is 27.7 Å². The van der Waals surface area contributed by atoms with Gasteiger partial charge in [0.05, 0.1) is 0 Å². The van der Waals surface area contributed by atoms with Crippen LogP contribution in [0.2, 0.25) is 0 Å². The Bertz CT molecular complexity index is 128. The smallest absolute Gasteiger partial charge is 0.0358 e. The van der Waals surface area contributed by atoms with Crippen LogP contribution < -0.4 is 0 Å². The molecule has 1 rings (SSSR count). The summed E-state index contributed by atoms with van der Waals surface area (Å²) in [4.78, 5) is 0. The van der Waals surface area contributed by atoms with Crippen molar-refractivity contribution < 1.29 is 0 Å². The van der Waals surface area contributed by atoms with E-state index in [4.69, 9.17) is 0 Å². The van der Waals surface area contributed by atoms with Crippen LogP contribution in [0.1, 0.15) is 81.1 Å². The van der Waals surface area contributed by atoms with E-state index in [1.165, 1.54) is 25.7 Å². The standard InChI is InChI=1S/C12H24.2C2H6/c1-5-10-8-9(4)11(6-2)12(10)7-3;2*1-2/h9-12H,5-8H2,1-4H3;2*1-2H3. The first-order valence-electron chi connectivity index (χ1n) is 7.74. The van der Waals surface area contributed by atoms with E-state index in [1.54, 1.807) is 0 Å². The zero-order valence-electron chi connectivity index (χ0n) is 13.1. The minimum atomic E-state index is 0.991. The van der Waals surface area contributed by atoms with Crippen molar-refractivity contribution in [2.75, 3.05) is 0 Å². The van der Waals surface area contributed by atoms with Crippen molar-refractivity contribution in [2.24, 2.45) is 23.7 Å². The van der Waals surface area contributed by atoms with Crippen molar-refractivity contribution in [3.05, 3.63) is 0 Å². The molecule has 0 radical (unpaired) electrons. The zero-order valence-corrected chi connectivity index (χ0v) is 13.1. The summed E-state index contributed by atoms with van der Waals surface area (Å²) in [6, 6.07) is 0. The second-order valence-electron chi connectivity index (χ2n) is 4.53. The summed E-state index contributed by atoms with van der Waals surface area (Å²) in [5.41, 5.74) is 0. The first-order valence-corrected chi connectivity index (χ1v) is 7.74. The predicted octanol–water partition coefficient (Wildman–Crippen LogP) is 6.16. The molecule has 0 bridgehead atoms. The fourth-order valence-electron chi connectivity index (χ4n) is 3.41. The second-order valence-corrected chi connectivity index (χ2v) is 4.53. The predicted molar refractivity (Wildman–Crippen MR) is 77.8 cm³/mol. The fourth-order valence-corrected chi connectivity index (χ4v) is 3.41.